The third kappa shape index (κ3) is 2.21. The van der Waals surface area contributed by atoms with E-state index in [-0.39, 0.29) is 5.91 Å². The van der Waals surface area contributed by atoms with Crippen LogP contribution < -0.4 is 5.32 Å². The molecular weight excluding hydrogens is 266 g/mol. The van der Waals surface area contributed by atoms with Gasteiger partial charge in [0.2, 0.25) is 0 Å². The summed E-state index contributed by atoms with van der Waals surface area (Å²) in [5, 5.41) is 7.14. The summed E-state index contributed by atoms with van der Waals surface area (Å²) in [5.74, 6) is -0.0387. The van der Waals surface area contributed by atoms with Crippen molar-refractivity contribution in [2.75, 3.05) is 5.32 Å². The van der Waals surface area contributed by atoms with E-state index in [1.54, 1.807) is 11.3 Å². The van der Waals surface area contributed by atoms with Crippen LogP contribution in [0.15, 0.2) is 47.8 Å². The second-order valence-corrected chi connectivity index (χ2v) is 5.90. The van der Waals surface area contributed by atoms with Crippen molar-refractivity contribution in [1.29, 1.82) is 0 Å². The smallest absolute Gasteiger partial charge is 0.256 e. The highest BCUT2D eigenvalue weighted by Gasteiger charge is 2.13. The highest BCUT2D eigenvalue weighted by molar-refractivity contribution is 7.10. The van der Waals surface area contributed by atoms with Crippen molar-refractivity contribution in [2.45, 2.75) is 13.8 Å². The number of carbonyl (C=O) groups excluding carboxylic acids is 1. The number of hydrogen-bond donors (Lipinski definition) is 1. The number of amides is 1. The molecule has 0 bridgehead atoms. The van der Waals surface area contributed by atoms with E-state index in [9.17, 15) is 4.79 Å². The van der Waals surface area contributed by atoms with E-state index in [0.29, 0.717) is 0 Å². The molecule has 0 radical (unpaired) electrons. The summed E-state index contributed by atoms with van der Waals surface area (Å²) in [6, 6.07) is 14.0. The van der Waals surface area contributed by atoms with Crippen LogP contribution in [-0.4, -0.2) is 5.91 Å². The second-order valence-electron chi connectivity index (χ2n) is 4.81. The number of benzene rings is 2. The maximum atomic E-state index is 12.4. The lowest BCUT2D eigenvalue weighted by Gasteiger charge is -2.08. The molecule has 20 heavy (non-hydrogen) atoms. The topological polar surface area (TPSA) is 29.1 Å². The van der Waals surface area contributed by atoms with Crippen molar-refractivity contribution in [3.05, 3.63) is 63.8 Å². The van der Waals surface area contributed by atoms with Crippen LogP contribution in [-0.2, 0) is 0 Å². The molecule has 0 fully saturated rings. The number of thiophene rings is 1. The molecule has 1 amide bonds. The first-order chi connectivity index (χ1) is 9.66. The first kappa shape index (κ1) is 12.9. The molecule has 0 aliphatic rings. The van der Waals surface area contributed by atoms with E-state index in [4.69, 9.17) is 0 Å². The van der Waals surface area contributed by atoms with Crippen molar-refractivity contribution in [3.63, 3.8) is 0 Å². The Labute approximate surface area is 122 Å². The highest BCUT2D eigenvalue weighted by atomic mass is 32.1. The molecule has 0 atom stereocenters. The van der Waals surface area contributed by atoms with E-state index in [0.717, 1.165) is 27.6 Å². The van der Waals surface area contributed by atoms with E-state index in [2.05, 4.69) is 5.32 Å². The lowest BCUT2D eigenvalue weighted by molar-refractivity contribution is 0.102. The van der Waals surface area contributed by atoms with Crippen molar-refractivity contribution < 1.29 is 4.79 Å². The summed E-state index contributed by atoms with van der Waals surface area (Å²) < 4.78 is 0. The quantitative estimate of drug-likeness (QED) is 0.720. The first-order valence-corrected chi connectivity index (χ1v) is 7.38. The van der Waals surface area contributed by atoms with Crippen molar-refractivity contribution in [1.82, 2.24) is 0 Å². The van der Waals surface area contributed by atoms with Gasteiger partial charge in [0, 0.05) is 21.3 Å². The fourth-order valence-electron chi connectivity index (χ4n) is 2.26. The molecule has 2 aromatic carbocycles. The molecule has 0 saturated carbocycles. The van der Waals surface area contributed by atoms with Crippen molar-refractivity contribution in [2.24, 2.45) is 0 Å². The Morgan fingerprint density at radius 1 is 1.05 bits per heavy atom. The number of fused-ring (bicyclic) bond motifs is 1. The van der Waals surface area contributed by atoms with Crippen LogP contribution in [0.1, 0.15) is 20.8 Å². The van der Waals surface area contributed by atoms with E-state index in [1.807, 2.05) is 61.7 Å². The summed E-state index contributed by atoms with van der Waals surface area (Å²) in [6.45, 7) is 4.03. The Kier molecular flexibility index (Phi) is 3.28. The molecule has 0 saturated heterocycles. The van der Waals surface area contributed by atoms with E-state index < -0.39 is 0 Å². The fraction of sp³-hybridized carbons (Fsp3) is 0.118. The Morgan fingerprint density at radius 3 is 2.55 bits per heavy atom. The molecule has 3 rings (SSSR count). The zero-order chi connectivity index (χ0) is 14.1. The minimum Gasteiger partial charge on any atom is -0.321 e. The van der Waals surface area contributed by atoms with Gasteiger partial charge in [0.1, 0.15) is 0 Å². The molecule has 3 heteroatoms. The van der Waals surface area contributed by atoms with Gasteiger partial charge in [0.25, 0.3) is 5.91 Å². The monoisotopic (exact) mass is 281 g/mol. The number of hydrogen-bond acceptors (Lipinski definition) is 2. The number of carbonyl (C=O) groups is 1. The van der Waals surface area contributed by atoms with Gasteiger partial charge >= 0.3 is 0 Å². The number of aryl methyl sites for hydroxylation is 1. The van der Waals surface area contributed by atoms with Gasteiger partial charge in [-0.05, 0) is 30.9 Å². The van der Waals surface area contributed by atoms with Crippen LogP contribution in [0.5, 0.6) is 0 Å². The predicted molar refractivity (Wildman–Crippen MR) is 85.7 cm³/mol. The van der Waals surface area contributed by atoms with E-state index >= 15 is 0 Å². The van der Waals surface area contributed by atoms with E-state index in [1.165, 1.54) is 4.88 Å². The van der Waals surface area contributed by atoms with Crippen molar-refractivity contribution >= 4 is 33.7 Å². The van der Waals surface area contributed by atoms with Gasteiger partial charge in [-0.3, -0.25) is 4.79 Å². The van der Waals surface area contributed by atoms with Crippen LogP contribution in [0.3, 0.4) is 0 Å². The molecule has 2 nitrogen and oxygen atoms in total. The van der Waals surface area contributed by atoms with Gasteiger partial charge in [-0.1, -0.05) is 36.4 Å². The zero-order valence-electron chi connectivity index (χ0n) is 11.4. The lowest BCUT2D eigenvalue weighted by Crippen LogP contribution is -2.12. The van der Waals surface area contributed by atoms with Crippen molar-refractivity contribution in [3.8, 4) is 0 Å². The molecule has 0 spiro atoms. The maximum Gasteiger partial charge on any atom is 0.256 e. The molecule has 0 aliphatic carbocycles. The Balaban J connectivity index is 1.97. The van der Waals surface area contributed by atoms with Gasteiger partial charge in [0.15, 0.2) is 0 Å². The van der Waals surface area contributed by atoms with Gasteiger partial charge in [-0.25, -0.2) is 0 Å². The molecule has 3 aromatic rings. The summed E-state index contributed by atoms with van der Waals surface area (Å²) in [6.07, 6.45) is 0. The van der Waals surface area contributed by atoms with Gasteiger partial charge in [-0.2, -0.15) is 0 Å². The largest absolute Gasteiger partial charge is 0.321 e. The summed E-state index contributed by atoms with van der Waals surface area (Å²) in [4.78, 5) is 13.6. The number of rotatable bonds is 2. The third-order valence-corrected chi connectivity index (χ3v) is 4.58. The first-order valence-electron chi connectivity index (χ1n) is 6.50. The molecule has 0 unspecified atom stereocenters. The Bertz CT molecular complexity index is 783. The van der Waals surface area contributed by atoms with Crippen LogP contribution >= 0.6 is 11.3 Å². The SMILES string of the molecule is Cc1scc(C(=O)Nc2cccc3ccccc23)c1C. The normalized spacial score (nSPS) is 10.7. The van der Waals surface area contributed by atoms with Crippen LogP contribution in [0, 0.1) is 13.8 Å². The summed E-state index contributed by atoms with van der Waals surface area (Å²) in [7, 11) is 0. The average Bonchev–Trinajstić information content (AvgIpc) is 2.79. The van der Waals surface area contributed by atoms with Gasteiger partial charge in [-0.15, -0.1) is 11.3 Å². The second kappa shape index (κ2) is 5.10. The Hall–Kier alpha value is -2.13. The Morgan fingerprint density at radius 2 is 1.80 bits per heavy atom. The lowest BCUT2D eigenvalue weighted by atomic mass is 10.1. The average molecular weight is 281 g/mol. The molecule has 100 valence electrons. The minimum atomic E-state index is -0.0387. The third-order valence-electron chi connectivity index (χ3n) is 3.57. The predicted octanol–water partition coefficient (Wildman–Crippen LogP) is 4.77. The molecular formula is C17H15NOS. The van der Waals surface area contributed by atoms with Crippen LogP contribution in [0.2, 0.25) is 0 Å². The fourth-order valence-corrected chi connectivity index (χ4v) is 3.13. The standard InChI is InChI=1S/C17H15NOS/c1-11-12(2)20-10-15(11)17(19)18-16-9-5-7-13-6-3-4-8-14(13)16/h3-10H,1-2H3,(H,18,19). The number of anilines is 1. The van der Waals surface area contributed by atoms with Crippen LogP contribution in [0.4, 0.5) is 5.69 Å². The van der Waals surface area contributed by atoms with Crippen LogP contribution in [0.25, 0.3) is 10.8 Å². The zero-order valence-corrected chi connectivity index (χ0v) is 12.3. The number of nitrogens with one attached hydrogen (secondary N) is 1. The molecule has 1 heterocycles. The molecule has 1 N–H and O–H groups in total. The highest BCUT2D eigenvalue weighted by Crippen LogP contribution is 2.25. The molecule has 1 aromatic heterocycles. The summed E-state index contributed by atoms with van der Waals surface area (Å²) in [5.41, 5.74) is 2.68. The van der Waals surface area contributed by atoms with Gasteiger partial charge in [0.05, 0.1) is 5.56 Å². The minimum absolute atomic E-state index is 0.0387. The summed E-state index contributed by atoms with van der Waals surface area (Å²) >= 11 is 1.61. The van der Waals surface area contributed by atoms with Gasteiger partial charge < -0.3 is 5.32 Å². The maximum absolute atomic E-state index is 12.4. The molecule has 0 aliphatic heterocycles.